The van der Waals surface area contributed by atoms with Gasteiger partial charge in [0, 0.05) is 19.2 Å². The number of hydrogen-bond donors (Lipinski definition) is 1. The summed E-state index contributed by atoms with van der Waals surface area (Å²) in [5.74, 6) is -0.806. The molecule has 3 rings (SSSR count). The first-order valence-electron chi connectivity index (χ1n) is 10.1. The van der Waals surface area contributed by atoms with E-state index in [2.05, 4.69) is 0 Å². The molecule has 1 aliphatic rings. The van der Waals surface area contributed by atoms with E-state index < -0.39 is 17.7 Å². The lowest BCUT2D eigenvalue weighted by atomic mass is 9.95. The maximum atomic E-state index is 12.9. The van der Waals surface area contributed by atoms with Crippen molar-refractivity contribution < 1.29 is 24.2 Å². The summed E-state index contributed by atoms with van der Waals surface area (Å²) in [7, 11) is 1.54. The Labute approximate surface area is 176 Å². The fourth-order valence-corrected chi connectivity index (χ4v) is 3.61. The first-order chi connectivity index (χ1) is 14.5. The van der Waals surface area contributed by atoms with Crippen LogP contribution >= 0.6 is 0 Å². The van der Waals surface area contributed by atoms with Crippen molar-refractivity contribution in [2.45, 2.75) is 26.3 Å². The maximum Gasteiger partial charge on any atom is 0.295 e. The number of Topliss-reactive ketones (excluding diaryl/α,β-unsaturated/α-hetero) is 1. The quantitative estimate of drug-likeness (QED) is 0.409. The summed E-state index contributed by atoms with van der Waals surface area (Å²) in [4.78, 5) is 27.1. The molecule has 0 aromatic heterocycles. The van der Waals surface area contributed by atoms with Gasteiger partial charge in [-0.05, 0) is 36.6 Å². The van der Waals surface area contributed by atoms with Crippen molar-refractivity contribution in [3.05, 3.63) is 70.8 Å². The molecule has 1 unspecified atom stereocenters. The van der Waals surface area contributed by atoms with E-state index in [0.717, 1.165) is 17.5 Å². The number of amides is 1. The van der Waals surface area contributed by atoms with Crippen molar-refractivity contribution >= 4 is 17.4 Å². The lowest BCUT2D eigenvalue weighted by Crippen LogP contribution is -2.32. The average molecular weight is 409 g/mol. The molecule has 0 saturated carbocycles. The fraction of sp³-hybridized carbons (Fsp3) is 0.333. The molecule has 1 saturated heterocycles. The van der Waals surface area contributed by atoms with E-state index >= 15 is 0 Å². The monoisotopic (exact) mass is 409 g/mol. The third-order valence-corrected chi connectivity index (χ3v) is 5.22. The highest BCUT2D eigenvalue weighted by Crippen LogP contribution is 2.39. The number of aliphatic hydroxyl groups excluding tert-OH is 1. The van der Waals surface area contributed by atoms with Crippen LogP contribution in [-0.2, 0) is 20.7 Å². The first-order valence-corrected chi connectivity index (χ1v) is 10.1. The number of aryl methyl sites for hydroxylation is 1. The Morgan fingerprint density at radius 1 is 1.03 bits per heavy atom. The molecule has 1 amide bonds. The number of likely N-dealkylation sites (tertiary alicyclic amines) is 1. The van der Waals surface area contributed by atoms with Gasteiger partial charge < -0.3 is 19.5 Å². The van der Waals surface area contributed by atoms with Crippen molar-refractivity contribution in [2.24, 2.45) is 0 Å². The van der Waals surface area contributed by atoms with Crippen LogP contribution in [0.2, 0.25) is 0 Å². The molecule has 158 valence electrons. The van der Waals surface area contributed by atoms with E-state index in [4.69, 9.17) is 9.47 Å². The number of nitrogens with zero attached hydrogens (tertiary/aromatic N) is 1. The summed E-state index contributed by atoms with van der Waals surface area (Å²) in [6.45, 7) is 5.01. The van der Waals surface area contributed by atoms with Crippen LogP contribution < -0.4 is 4.74 Å². The molecule has 0 spiro atoms. The van der Waals surface area contributed by atoms with Crippen LogP contribution in [0.5, 0.6) is 5.75 Å². The standard InChI is InChI=1S/C24H27NO5/c1-4-16-6-8-18(9-7-16)22(26)20-21(17-10-12-19(13-11-17)30-5-2)25(14-15-29-3)24(28)23(20)27/h6-13,21,26H,4-5,14-15H2,1-3H3/b22-20-. The molecular formula is C24H27NO5. The Kier molecular flexibility index (Phi) is 6.90. The smallest absolute Gasteiger partial charge is 0.295 e. The lowest BCUT2D eigenvalue weighted by Gasteiger charge is -2.25. The van der Waals surface area contributed by atoms with Crippen LogP contribution in [0, 0.1) is 0 Å². The third kappa shape index (κ3) is 4.24. The van der Waals surface area contributed by atoms with Gasteiger partial charge in [0.15, 0.2) is 0 Å². The topological polar surface area (TPSA) is 76.1 Å². The van der Waals surface area contributed by atoms with Crippen molar-refractivity contribution in [3.8, 4) is 5.75 Å². The van der Waals surface area contributed by atoms with Crippen molar-refractivity contribution in [3.63, 3.8) is 0 Å². The van der Waals surface area contributed by atoms with Gasteiger partial charge in [-0.2, -0.15) is 0 Å². The molecule has 2 aromatic rings. The van der Waals surface area contributed by atoms with E-state index in [1.54, 1.807) is 24.3 Å². The molecule has 0 bridgehead atoms. The second-order valence-electron chi connectivity index (χ2n) is 7.04. The Bertz CT molecular complexity index is 931. The molecule has 0 aliphatic carbocycles. The summed E-state index contributed by atoms with van der Waals surface area (Å²) < 4.78 is 10.6. The second-order valence-corrected chi connectivity index (χ2v) is 7.04. The Morgan fingerprint density at radius 3 is 2.27 bits per heavy atom. The van der Waals surface area contributed by atoms with Gasteiger partial charge in [0.05, 0.1) is 24.8 Å². The summed E-state index contributed by atoms with van der Waals surface area (Å²) in [5, 5.41) is 11.0. The second kappa shape index (κ2) is 9.59. The SMILES string of the molecule is CCOc1ccc(C2/C(=C(/O)c3ccc(CC)cc3)C(=O)C(=O)N2CCOC)cc1. The van der Waals surface area contributed by atoms with Gasteiger partial charge in [-0.15, -0.1) is 0 Å². The van der Waals surface area contributed by atoms with Crippen LogP contribution in [0.3, 0.4) is 0 Å². The van der Waals surface area contributed by atoms with Crippen LogP contribution in [0.1, 0.15) is 36.6 Å². The summed E-state index contributed by atoms with van der Waals surface area (Å²) in [6, 6.07) is 13.9. The molecule has 0 radical (unpaired) electrons. The number of methoxy groups -OCH3 is 1. The number of ether oxygens (including phenoxy) is 2. The number of ketones is 1. The van der Waals surface area contributed by atoms with Crippen molar-refractivity contribution in [1.29, 1.82) is 0 Å². The largest absolute Gasteiger partial charge is 0.507 e. The summed E-state index contributed by atoms with van der Waals surface area (Å²) >= 11 is 0. The maximum absolute atomic E-state index is 12.9. The lowest BCUT2D eigenvalue weighted by molar-refractivity contribution is -0.140. The molecule has 1 fully saturated rings. The Hall–Kier alpha value is -3.12. The summed E-state index contributed by atoms with van der Waals surface area (Å²) in [5.41, 5.74) is 2.44. The number of aliphatic hydroxyl groups is 1. The number of benzene rings is 2. The molecule has 1 atom stereocenters. The minimum Gasteiger partial charge on any atom is -0.507 e. The highest BCUT2D eigenvalue weighted by atomic mass is 16.5. The molecule has 6 nitrogen and oxygen atoms in total. The minimum atomic E-state index is -0.693. The molecule has 30 heavy (non-hydrogen) atoms. The Balaban J connectivity index is 2.09. The minimum absolute atomic E-state index is 0.0875. The third-order valence-electron chi connectivity index (χ3n) is 5.22. The van der Waals surface area contributed by atoms with Gasteiger partial charge >= 0.3 is 0 Å². The zero-order valence-corrected chi connectivity index (χ0v) is 17.6. The van der Waals surface area contributed by atoms with Crippen molar-refractivity contribution in [1.82, 2.24) is 4.90 Å². The van der Waals surface area contributed by atoms with Crippen LogP contribution in [-0.4, -0.2) is 48.6 Å². The zero-order valence-electron chi connectivity index (χ0n) is 17.6. The van der Waals surface area contributed by atoms with Gasteiger partial charge in [-0.3, -0.25) is 9.59 Å². The number of carbonyl (C=O) groups is 2. The fourth-order valence-electron chi connectivity index (χ4n) is 3.61. The van der Waals surface area contributed by atoms with Gasteiger partial charge in [0.25, 0.3) is 11.7 Å². The van der Waals surface area contributed by atoms with Crippen LogP contribution in [0.4, 0.5) is 0 Å². The molecule has 1 N–H and O–H groups in total. The summed E-state index contributed by atoms with van der Waals surface area (Å²) in [6.07, 6.45) is 0.870. The molecule has 1 aliphatic heterocycles. The molecular weight excluding hydrogens is 382 g/mol. The van der Waals surface area contributed by atoms with Gasteiger partial charge in [0.2, 0.25) is 0 Å². The zero-order chi connectivity index (χ0) is 21.7. The van der Waals surface area contributed by atoms with Crippen LogP contribution in [0.25, 0.3) is 5.76 Å². The van der Waals surface area contributed by atoms with E-state index in [1.165, 1.54) is 12.0 Å². The molecule has 6 heteroatoms. The first kappa shape index (κ1) is 21.6. The van der Waals surface area contributed by atoms with Gasteiger partial charge in [-0.25, -0.2) is 0 Å². The van der Waals surface area contributed by atoms with E-state index in [0.29, 0.717) is 17.9 Å². The highest BCUT2D eigenvalue weighted by Gasteiger charge is 2.45. The molecule has 2 aromatic carbocycles. The predicted molar refractivity (Wildman–Crippen MR) is 114 cm³/mol. The van der Waals surface area contributed by atoms with E-state index in [9.17, 15) is 14.7 Å². The number of carbonyl (C=O) groups excluding carboxylic acids is 2. The number of rotatable bonds is 8. The van der Waals surface area contributed by atoms with Crippen LogP contribution in [0.15, 0.2) is 54.1 Å². The van der Waals surface area contributed by atoms with E-state index in [-0.39, 0.29) is 24.5 Å². The average Bonchev–Trinajstić information content (AvgIpc) is 3.02. The highest BCUT2D eigenvalue weighted by molar-refractivity contribution is 6.46. The predicted octanol–water partition coefficient (Wildman–Crippen LogP) is 3.72. The Morgan fingerprint density at radius 2 is 1.70 bits per heavy atom. The molecule has 1 heterocycles. The normalized spacial score (nSPS) is 18.1. The van der Waals surface area contributed by atoms with Crippen molar-refractivity contribution in [2.75, 3.05) is 26.9 Å². The number of hydrogen-bond acceptors (Lipinski definition) is 5. The van der Waals surface area contributed by atoms with Gasteiger partial charge in [0.1, 0.15) is 11.5 Å². The van der Waals surface area contributed by atoms with Gasteiger partial charge in [-0.1, -0.05) is 43.3 Å². The van der Waals surface area contributed by atoms with E-state index in [1.807, 2.05) is 38.1 Å².